The average molecular weight is 358 g/mol. The van der Waals surface area contributed by atoms with Gasteiger partial charge in [-0.3, -0.25) is 9.59 Å². The van der Waals surface area contributed by atoms with Crippen LogP contribution in [0.4, 0.5) is 0 Å². The summed E-state index contributed by atoms with van der Waals surface area (Å²) < 4.78 is 9.85. The largest absolute Gasteiger partial charge is 0.449 e. The van der Waals surface area contributed by atoms with E-state index in [1.807, 2.05) is 0 Å². The van der Waals surface area contributed by atoms with Gasteiger partial charge in [-0.25, -0.2) is 0 Å². The number of carbonyl (C=O) groups is 2. The van der Waals surface area contributed by atoms with Crippen LogP contribution in [0, 0.1) is 0 Å². The first-order valence-corrected chi connectivity index (χ1v) is 9.60. The number of hydrogen-bond donors (Lipinski definition) is 6. The zero-order valence-electron chi connectivity index (χ0n) is 11.1. The molecule has 122 valence electrons. The third kappa shape index (κ3) is 3.90. The lowest BCUT2D eigenvalue weighted by molar-refractivity contribution is -0.158. The zero-order chi connectivity index (χ0) is 16.3. The van der Waals surface area contributed by atoms with Gasteiger partial charge in [0.25, 0.3) is 10.0 Å². The Balaban J connectivity index is 3.17. The van der Waals surface area contributed by atoms with Crippen LogP contribution in [-0.4, -0.2) is 108 Å². The van der Waals surface area contributed by atoms with E-state index in [1.54, 1.807) is 0 Å². The Morgan fingerprint density at radius 2 is 1.24 bits per heavy atom. The lowest BCUT2D eigenvalue weighted by Gasteiger charge is -2.28. The van der Waals surface area contributed by atoms with Gasteiger partial charge in [0.1, 0.15) is 47.1 Å². The van der Waals surface area contributed by atoms with Crippen LogP contribution in [0.3, 0.4) is 0 Å². The molecule has 10 nitrogen and oxygen atoms in total. The maximum atomic E-state index is 12.0. The van der Waals surface area contributed by atoms with Gasteiger partial charge in [-0.2, -0.15) is 0 Å². The summed E-state index contributed by atoms with van der Waals surface area (Å²) in [6.45, 7) is 0. The minimum Gasteiger partial charge on any atom is -0.449 e. The first kappa shape index (κ1) is 18.7. The van der Waals surface area contributed by atoms with E-state index in [0.29, 0.717) is 10.5 Å². The number of hydrogen-bond acceptors (Lipinski definition) is 10. The van der Waals surface area contributed by atoms with Crippen LogP contribution < -0.4 is 0 Å². The van der Waals surface area contributed by atoms with Crippen LogP contribution in [0.2, 0.25) is 0 Å². The quantitative estimate of drug-likeness (QED) is 0.266. The van der Waals surface area contributed by atoms with Crippen molar-refractivity contribution < 1.29 is 48.5 Å². The molecule has 0 amide bonds. The summed E-state index contributed by atoms with van der Waals surface area (Å²) in [5, 5.41) is 55.4. The predicted octanol–water partition coefficient (Wildman–Crippen LogP) is -7.58. The van der Waals surface area contributed by atoms with Crippen LogP contribution in [0.1, 0.15) is 0 Å². The second kappa shape index (κ2) is 7.79. The molecule has 21 heavy (non-hydrogen) atoms. The van der Waals surface area contributed by atoms with E-state index in [4.69, 9.17) is 8.23 Å². The molecule has 1 aliphatic rings. The molecule has 0 aromatic heterocycles. The van der Waals surface area contributed by atoms with Crippen molar-refractivity contribution in [3.63, 3.8) is 0 Å². The molecular weight excluding hydrogens is 340 g/mol. The number of rotatable bonds is 3. The normalized spacial score (nSPS) is 43.0. The van der Waals surface area contributed by atoms with E-state index >= 15 is 0 Å². The molecule has 6 N–H and O–H groups in total. The fourth-order valence-corrected chi connectivity index (χ4v) is 6.79. The summed E-state index contributed by atoms with van der Waals surface area (Å²) in [6, 6.07) is 0. The van der Waals surface area contributed by atoms with Gasteiger partial charge in [-0.1, -0.05) is 0 Å². The Kier molecular flexibility index (Phi) is 6.94. The Hall–Kier alpha value is -0.329. The fraction of sp³-hybridized carbons (Fsp3) is 0.750. The van der Waals surface area contributed by atoms with E-state index in [2.05, 4.69) is 0 Å². The molecule has 1 fully saturated rings. The van der Waals surface area contributed by atoms with Crippen LogP contribution in [0.5, 0.6) is 0 Å². The number of aliphatic hydroxyl groups excluding tert-OH is 6. The van der Waals surface area contributed by atoms with E-state index in [0.717, 1.165) is 0 Å². The second-order valence-electron chi connectivity index (χ2n) is 4.61. The highest BCUT2D eigenvalue weighted by Gasteiger charge is 2.49. The van der Waals surface area contributed by atoms with Crippen LogP contribution in [-0.2, 0) is 17.8 Å². The maximum absolute atomic E-state index is 12.0. The lowest BCUT2D eigenvalue weighted by Crippen LogP contribution is -2.53. The third-order valence-electron chi connectivity index (χ3n) is 3.15. The van der Waals surface area contributed by atoms with Crippen molar-refractivity contribution >= 4 is 40.3 Å². The van der Waals surface area contributed by atoms with Crippen molar-refractivity contribution in [1.29, 1.82) is 0 Å². The Morgan fingerprint density at radius 1 is 0.857 bits per heavy atom. The molecule has 0 aromatic rings. The maximum Gasteiger partial charge on any atom is 0.319 e. The SMILES string of the molecule is O=C1C(O)C(O)C(O)C(O)C(O)C(O)C(=O)[SiH]1O[SiH2]O[SiH3]. The molecule has 1 heterocycles. The Morgan fingerprint density at radius 3 is 1.57 bits per heavy atom. The van der Waals surface area contributed by atoms with Gasteiger partial charge >= 0.3 is 9.04 Å². The summed E-state index contributed by atoms with van der Waals surface area (Å²) in [4.78, 5) is 24.0. The summed E-state index contributed by atoms with van der Waals surface area (Å²) in [5.41, 5.74) is 0. The summed E-state index contributed by atoms with van der Waals surface area (Å²) in [6.07, 6.45) is -12.8. The van der Waals surface area contributed by atoms with Crippen molar-refractivity contribution in [2.45, 2.75) is 36.6 Å². The molecule has 1 saturated heterocycles. The highest BCUT2D eigenvalue weighted by Crippen LogP contribution is 2.17. The highest BCUT2D eigenvalue weighted by atomic mass is 28.4. The molecule has 1 aliphatic heterocycles. The van der Waals surface area contributed by atoms with Gasteiger partial charge in [0.2, 0.25) is 0 Å². The van der Waals surface area contributed by atoms with Crippen LogP contribution in [0.25, 0.3) is 0 Å². The standard InChI is InChI=1S/C8H18O10Si3/c9-1-2(10)4(12)6(14)8(16)21(18-20-17-19)7(15)5(13)3(1)11/h1-6,9-14,21H,20H2,19H3. The topological polar surface area (TPSA) is 174 Å². The molecule has 6 unspecified atom stereocenters. The predicted molar refractivity (Wildman–Crippen MR) is 73.9 cm³/mol. The first-order valence-electron chi connectivity index (χ1n) is 6.00. The number of aliphatic hydroxyl groups is 6. The molecule has 1 rings (SSSR count). The molecule has 0 bridgehead atoms. The smallest absolute Gasteiger partial charge is 0.319 e. The Labute approximate surface area is 126 Å². The zero-order valence-corrected chi connectivity index (χ0v) is 15.6. The van der Waals surface area contributed by atoms with E-state index in [1.165, 1.54) is 0 Å². The van der Waals surface area contributed by atoms with Gasteiger partial charge < -0.3 is 38.9 Å². The van der Waals surface area contributed by atoms with Crippen molar-refractivity contribution in [3.8, 4) is 0 Å². The molecule has 0 radical (unpaired) electrons. The van der Waals surface area contributed by atoms with E-state index in [-0.39, 0.29) is 0 Å². The minimum absolute atomic E-state index is 0.310. The molecule has 6 atom stereocenters. The average Bonchev–Trinajstić information content (AvgIpc) is 2.50. The van der Waals surface area contributed by atoms with Crippen molar-refractivity contribution in [2.75, 3.05) is 0 Å². The van der Waals surface area contributed by atoms with Crippen LogP contribution >= 0.6 is 0 Å². The monoisotopic (exact) mass is 358 g/mol. The minimum atomic E-state index is -3.54. The summed E-state index contributed by atoms with van der Waals surface area (Å²) >= 11 is 0. The summed E-state index contributed by atoms with van der Waals surface area (Å²) in [5.74, 6) is 0. The summed E-state index contributed by atoms with van der Waals surface area (Å²) in [7, 11) is -4.89. The van der Waals surface area contributed by atoms with Gasteiger partial charge in [0.15, 0.2) is 10.8 Å². The highest BCUT2D eigenvalue weighted by molar-refractivity contribution is 7.09. The third-order valence-corrected chi connectivity index (χ3v) is 7.69. The molecule has 0 aliphatic carbocycles. The van der Waals surface area contributed by atoms with E-state index < -0.39 is 66.5 Å². The second-order valence-corrected chi connectivity index (χ2v) is 10.4. The van der Waals surface area contributed by atoms with Gasteiger partial charge in [-0.05, 0) is 0 Å². The molecule has 0 saturated carbocycles. The Bertz CT molecular complexity index is 362. The molecule has 0 spiro atoms. The first-order chi connectivity index (χ1) is 9.73. The van der Waals surface area contributed by atoms with Crippen molar-refractivity contribution in [1.82, 2.24) is 0 Å². The van der Waals surface area contributed by atoms with E-state index in [9.17, 15) is 40.2 Å². The molecule has 0 aromatic carbocycles. The molecular formula is C8H18O10Si3. The van der Waals surface area contributed by atoms with Gasteiger partial charge in [0.05, 0.1) is 0 Å². The fourth-order valence-electron chi connectivity index (χ4n) is 1.86. The lowest BCUT2D eigenvalue weighted by atomic mass is 9.97. The number of carbonyl (C=O) groups excluding carboxylic acids is 2. The van der Waals surface area contributed by atoms with Crippen molar-refractivity contribution in [2.24, 2.45) is 0 Å². The van der Waals surface area contributed by atoms with Gasteiger partial charge in [0, 0.05) is 0 Å². The van der Waals surface area contributed by atoms with Crippen molar-refractivity contribution in [3.05, 3.63) is 0 Å². The molecule has 13 heteroatoms. The van der Waals surface area contributed by atoms with Crippen LogP contribution in [0.15, 0.2) is 0 Å². The van der Waals surface area contributed by atoms with Gasteiger partial charge in [-0.15, -0.1) is 0 Å².